The van der Waals surface area contributed by atoms with Crippen molar-refractivity contribution in [3.8, 4) is 0 Å². The van der Waals surface area contributed by atoms with E-state index in [2.05, 4.69) is 48.5 Å². The van der Waals surface area contributed by atoms with Gasteiger partial charge in [0.15, 0.2) is 12.2 Å². The topological polar surface area (TPSA) is 237 Å². The zero-order valence-electron chi connectivity index (χ0n) is 59.3. The van der Waals surface area contributed by atoms with Crippen LogP contribution < -0.4 is 0 Å². The van der Waals surface area contributed by atoms with Gasteiger partial charge in [-0.2, -0.15) is 0 Å². The van der Waals surface area contributed by atoms with E-state index in [-0.39, 0.29) is 25.7 Å². The van der Waals surface area contributed by atoms with Gasteiger partial charge in [0.05, 0.1) is 26.4 Å². The molecule has 0 aromatic carbocycles. The number of rotatable bonds is 70. The maximum Gasteiger partial charge on any atom is 0.472 e. The SMILES string of the molecule is CCCCCCCCCC(=O)OC[C@H](COP(=O)(O)OC[C@H](O)COP(=O)(O)OC[C@@H](COC(=O)CCCCCCCCCCCCC(C)CC)OC(=O)CCCCCCCCCCCCCCCC(C)C)OC(=O)CCCCCCCCCCCCC(C)CC. The van der Waals surface area contributed by atoms with E-state index in [1.165, 1.54) is 161 Å². The van der Waals surface area contributed by atoms with E-state index >= 15 is 0 Å². The number of ether oxygens (including phenoxy) is 4. The lowest BCUT2D eigenvalue weighted by atomic mass is 9.99. The van der Waals surface area contributed by atoms with Crippen molar-refractivity contribution >= 4 is 39.5 Å². The Hall–Kier alpha value is -1.94. The van der Waals surface area contributed by atoms with Gasteiger partial charge in [-0.3, -0.25) is 37.3 Å². The molecule has 0 bridgehead atoms. The summed E-state index contributed by atoms with van der Waals surface area (Å²) in [5.41, 5.74) is 0. The minimum Gasteiger partial charge on any atom is -0.462 e. The van der Waals surface area contributed by atoms with Gasteiger partial charge in [0, 0.05) is 25.7 Å². The molecule has 0 saturated carbocycles. The number of aliphatic hydroxyl groups excluding tert-OH is 1. The Morgan fingerprint density at radius 3 is 0.835 bits per heavy atom. The summed E-state index contributed by atoms with van der Waals surface area (Å²) < 4.78 is 68.3. The zero-order valence-corrected chi connectivity index (χ0v) is 61.1. The van der Waals surface area contributed by atoms with Crippen LogP contribution >= 0.6 is 15.6 Å². The van der Waals surface area contributed by atoms with Gasteiger partial charge < -0.3 is 33.8 Å². The smallest absolute Gasteiger partial charge is 0.462 e. The molecular formula is C72H140O17P2. The van der Waals surface area contributed by atoms with Gasteiger partial charge in [0.1, 0.15) is 19.3 Å². The molecular weight excluding hydrogens is 1200 g/mol. The van der Waals surface area contributed by atoms with Crippen molar-refractivity contribution in [3.63, 3.8) is 0 Å². The van der Waals surface area contributed by atoms with Crippen molar-refractivity contribution in [2.45, 2.75) is 381 Å². The molecule has 0 saturated heterocycles. The average Bonchev–Trinajstić information content (AvgIpc) is 3.47. The summed E-state index contributed by atoms with van der Waals surface area (Å²) in [5.74, 6) is 0.272. The third kappa shape index (κ3) is 63.9. The quantitative estimate of drug-likeness (QED) is 0.0222. The molecule has 0 heterocycles. The molecule has 3 N–H and O–H groups in total. The Morgan fingerprint density at radius 1 is 0.319 bits per heavy atom. The first kappa shape index (κ1) is 89.1. The number of hydrogen-bond acceptors (Lipinski definition) is 15. The summed E-state index contributed by atoms with van der Waals surface area (Å²) in [5, 5.41) is 10.6. The summed E-state index contributed by atoms with van der Waals surface area (Å²) in [4.78, 5) is 72.5. The van der Waals surface area contributed by atoms with Crippen LogP contribution in [0, 0.1) is 17.8 Å². The van der Waals surface area contributed by atoms with Crippen LogP contribution in [0.4, 0.5) is 0 Å². The molecule has 19 heteroatoms. The summed E-state index contributed by atoms with van der Waals surface area (Å²) in [6.45, 7) is 11.9. The van der Waals surface area contributed by atoms with E-state index < -0.39 is 97.5 Å². The molecule has 4 unspecified atom stereocenters. The lowest BCUT2D eigenvalue weighted by Crippen LogP contribution is -2.30. The first-order valence-corrected chi connectivity index (χ1v) is 40.4. The van der Waals surface area contributed by atoms with Gasteiger partial charge in [-0.25, -0.2) is 9.13 Å². The minimum atomic E-state index is -4.95. The largest absolute Gasteiger partial charge is 0.472 e. The molecule has 0 fully saturated rings. The number of phosphoric ester groups is 2. The van der Waals surface area contributed by atoms with E-state index in [4.69, 9.17) is 37.0 Å². The van der Waals surface area contributed by atoms with Crippen LogP contribution in [0.3, 0.4) is 0 Å². The fraction of sp³-hybridized carbons (Fsp3) is 0.944. The fourth-order valence-electron chi connectivity index (χ4n) is 10.8. The predicted octanol–water partition coefficient (Wildman–Crippen LogP) is 20.6. The molecule has 0 aliphatic carbocycles. The normalized spacial score (nSPS) is 14.8. The molecule has 0 aromatic rings. The van der Waals surface area contributed by atoms with Crippen molar-refractivity contribution in [3.05, 3.63) is 0 Å². The van der Waals surface area contributed by atoms with Crippen LogP contribution in [0.15, 0.2) is 0 Å². The lowest BCUT2D eigenvalue weighted by Gasteiger charge is -2.21. The van der Waals surface area contributed by atoms with Crippen molar-refractivity contribution in [1.29, 1.82) is 0 Å². The lowest BCUT2D eigenvalue weighted by molar-refractivity contribution is -0.161. The summed E-state index contributed by atoms with van der Waals surface area (Å²) in [6.07, 6.45) is 47.1. The Labute approximate surface area is 556 Å². The van der Waals surface area contributed by atoms with E-state index in [9.17, 15) is 43.2 Å². The average molecular weight is 1340 g/mol. The van der Waals surface area contributed by atoms with Gasteiger partial charge in [-0.05, 0) is 43.4 Å². The Balaban J connectivity index is 5.22. The predicted molar refractivity (Wildman–Crippen MR) is 368 cm³/mol. The van der Waals surface area contributed by atoms with Gasteiger partial charge >= 0.3 is 39.5 Å². The zero-order chi connectivity index (χ0) is 67.3. The van der Waals surface area contributed by atoms with Crippen LogP contribution in [0.1, 0.15) is 363 Å². The summed E-state index contributed by atoms with van der Waals surface area (Å²) >= 11 is 0. The van der Waals surface area contributed by atoms with Gasteiger partial charge in [0.25, 0.3) is 0 Å². The van der Waals surface area contributed by atoms with E-state index in [1.807, 2.05) is 0 Å². The van der Waals surface area contributed by atoms with E-state index in [0.29, 0.717) is 25.7 Å². The monoisotopic (exact) mass is 1340 g/mol. The van der Waals surface area contributed by atoms with Gasteiger partial charge in [0.2, 0.25) is 0 Å². The third-order valence-corrected chi connectivity index (χ3v) is 19.3. The Bertz CT molecular complexity index is 1790. The minimum absolute atomic E-state index is 0.106. The molecule has 0 aromatic heterocycles. The second-order valence-corrected chi connectivity index (χ2v) is 29.8. The van der Waals surface area contributed by atoms with Crippen molar-refractivity contribution in [2.24, 2.45) is 17.8 Å². The Kier molecular flexibility index (Phi) is 61.5. The van der Waals surface area contributed by atoms with Crippen LogP contribution in [0.2, 0.25) is 0 Å². The second-order valence-electron chi connectivity index (χ2n) is 26.9. The number of carbonyl (C=O) groups is 4. The molecule has 540 valence electrons. The molecule has 0 aliphatic rings. The molecule has 7 atom stereocenters. The van der Waals surface area contributed by atoms with Gasteiger partial charge in [-0.15, -0.1) is 0 Å². The molecule has 91 heavy (non-hydrogen) atoms. The highest BCUT2D eigenvalue weighted by molar-refractivity contribution is 7.47. The Morgan fingerprint density at radius 2 is 0.560 bits per heavy atom. The third-order valence-electron chi connectivity index (χ3n) is 17.4. The van der Waals surface area contributed by atoms with Crippen molar-refractivity contribution in [1.82, 2.24) is 0 Å². The molecule has 0 rings (SSSR count). The number of unbranched alkanes of at least 4 members (excludes halogenated alkanes) is 36. The maximum absolute atomic E-state index is 13.0. The number of hydrogen-bond donors (Lipinski definition) is 3. The number of esters is 4. The standard InChI is InChI=1S/C72H140O17P2/c1-8-11-12-13-29-39-46-53-69(74)82-59-67(88-72(77)56-49-42-35-28-22-20-25-32-38-45-52-65(7)10-3)61-86-90(78,79)84-57-66(73)58-85-91(80,81)87-62-68(60-83-70(75)54-47-40-33-26-21-19-24-31-37-44-51-64(6)9-2)89-71(76)55-48-41-34-27-18-16-14-15-17-23-30-36-43-50-63(4)5/h63-68,73H,8-62H2,1-7H3,(H,78,79)(H,80,81)/t64?,65?,66-,67+,68+/m0/s1. The van der Waals surface area contributed by atoms with Gasteiger partial charge in [-0.1, -0.05) is 312 Å². The first-order chi connectivity index (χ1) is 43.8. The first-order valence-electron chi connectivity index (χ1n) is 37.4. The molecule has 0 aliphatic heterocycles. The van der Waals surface area contributed by atoms with Crippen molar-refractivity contribution in [2.75, 3.05) is 39.6 Å². The maximum atomic E-state index is 13.0. The van der Waals surface area contributed by atoms with Crippen LogP contribution in [0.5, 0.6) is 0 Å². The summed E-state index contributed by atoms with van der Waals surface area (Å²) in [6, 6.07) is 0. The van der Waals surface area contributed by atoms with Crippen LogP contribution in [-0.4, -0.2) is 96.7 Å². The van der Waals surface area contributed by atoms with E-state index in [1.54, 1.807) is 0 Å². The van der Waals surface area contributed by atoms with Crippen LogP contribution in [0.25, 0.3) is 0 Å². The summed E-state index contributed by atoms with van der Waals surface area (Å²) in [7, 11) is -9.90. The number of phosphoric acid groups is 2. The molecule has 0 radical (unpaired) electrons. The molecule has 0 amide bonds. The number of carbonyl (C=O) groups excluding carboxylic acids is 4. The molecule has 0 spiro atoms. The number of aliphatic hydroxyl groups is 1. The van der Waals surface area contributed by atoms with Crippen LogP contribution in [-0.2, 0) is 65.4 Å². The van der Waals surface area contributed by atoms with Crippen molar-refractivity contribution < 1.29 is 80.2 Å². The highest BCUT2D eigenvalue weighted by atomic mass is 31.2. The van der Waals surface area contributed by atoms with E-state index in [0.717, 1.165) is 120 Å². The second kappa shape index (κ2) is 62.8. The fourth-order valence-corrected chi connectivity index (χ4v) is 12.4. The molecule has 17 nitrogen and oxygen atoms in total. The highest BCUT2D eigenvalue weighted by Gasteiger charge is 2.30. The highest BCUT2D eigenvalue weighted by Crippen LogP contribution is 2.45.